The van der Waals surface area contributed by atoms with Crippen LogP contribution >= 0.6 is 0 Å². The van der Waals surface area contributed by atoms with Gasteiger partial charge in [0.25, 0.3) is 5.78 Å². The molecule has 0 aliphatic heterocycles. The van der Waals surface area contributed by atoms with E-state index in [4.69, 9.17) is 5.11 Å². The van der Waals surface area contributed by atoms with Gasteiger partial charge >= 0.3 is 5.97 Å². The molecule has 1 aromatic heterocycles. The molecule has 0 aliphatic carbocycles. The highest BCUT2D eigenvalue weighted by Crippen LogP contribution is 2.18. The Balaban J connectivity index is 2.24. The zero-order valence-corrected chi connectivity index (χ0v) is 11.3. The van der Waals surface area contributed by atoms with Gasteiger partial charge in [-0.1, -0.05) is 29.8 Å². The molecular formula is C15H14N2O4. The SMILES string of the molecule is Cc1ccc(Cc2cn[nH]c2C(O)=CC(=O)C(=O)O)cc1. The number of H-pyrrole nitrogens is 1. The molecule has 0 spiro atoms. The third-order valence-electron chi connectivity index (χ3n) is 2.97. The fraction of sp³-hybridized carbons (Fsp3) is 0.133. The molecule has 0 saturated carbocycles. The first-order valence-corrected chi connectivity index (χ1v) is 6.23. The number of carboxylic acids is 1. The normalized spacial score (nSPS) is 11.4. The summed E-state index contributed by atoms with van der Waals surface area (Å²) < 4.78 is 0. The predicted octanol–water partition coefficient (Wildman–Crippen LogP) is 1.86. The van der Waals surface area contributed by atoms with Crippen molar-refractivity contribution in [1.29, 1.82) is 0 Å². The van der Waals surface area contributed by atoms with Gasteiger partial charge in [-0.25, -0.2) is 4.79 Å². The number of carboxylic acid groups (broad SMARTS) is 1. The summed E-state index contributed by atoms with van der Waals surface area (Å²) in [5.74, 6) is -3.26. The minimum Gasteiger partial charge on any atom is -0.506 e. The number of aliphatic carboxylic acids is 1. The summed E-state index contributed by atoms with van der Waals surface area (Å²) in [6.07, 6.45) is 2.70. The molecule has 108 valence electrons. The largest absolute Gasteiger partial charge is 0.506 e. The summed E-state index contributed by atoms with van der Waals surface area (Å²) in [5.41, 5.74) is 3.07. The molecule has 0 fully saturated rings. The number of aliphatic hydroxyl groups excluding tert-OH is 1. The van der Waals surface area contributed by atoms with Crippen LogP contribution in [0.4, 0.5) is 0 Å². The number of nitrogens with zero attached hydrogens (tertiary/aromatic N) is 1. The van der Waals surface area contributed by atoms with Crippen LogP contribution in [-0.4, -0.2) is 32.2 Å². The van der Waals surface area contributed by atoms with Crippen molar-refractivity contribution in [3.8, 4) is 0 Å². The lowest BCUT2D eigenvalue weighted by molar-refractivity contribution is -0.146. The van der Waals surface area contributed by atoms with Crippen molar-refractivity contribution in [2.45, 2.75) is 13.3 Å². The molecule has 1 aromatic carbocycles. The summed E-state index contributed by atoms with van der Waals surface area (Å²) in [6, 6.07) is 7.85. The molecule has 0 atom stereocenters. The molecule has 0 saturated heterocycles. The Labute approximate surface area is 120 Å². The standard InChI is InChI=1S/C15H14N2O4/c1-9-2-4-10(5-3-9)6-11-8-16-17-14(11)12(18)7-13(19)15(20)21/h2-5,7-8,18H,6H2,1H3,(H,16,17)(H,20,21). The van der Waals surface area contributed by atoms with Crippen molar-refractivity contribution in [2.75, 3.05) is 0 Å². The van der Waals surface area contributed by atoms with Gasteiger partial charge < -0.3 is 10.2 Å². The maximum atomic E-state index is 11.1. The number of aromatic amines is 1. The Morgan fingerprint density at radius 2 is 1.90 bits per heavy atom. The second-order valence-corrected chi connectivity index (χ2v) is 4.63. The molecule has 0 radical (unpaired) electrons. The number of benzene rings is 1. The quantitative estimate of drug-likeness (QED) is 0.442. The van der Waals surface area contributed by atoms with Crippen molar-refractivity contribution >= 4 is 17.5 Å². The number of rotatable bonds is 5. The van der Waals surface area contributed by atoms with E-state index < -0.39 is 17.5 Å². The topological polar surface area (TPSA) is 103 Å². The summed E-state index contributed by atoms with van der Waals surface area (Å²) in [5, 5.41) is 24.8. The highest BCUT2D eigenvalue weighted by atomic mass is 16.4. The molecule has 6 heteroatoms. The predicted molar refractivity (Wildman–Crippen MR) is 75.8 cm³/mol. The maximum absolute atomic E-state index is 11.1. The lowest BCUT2D eigenvalue weighted by Gasteiger charge is -2.03. The molecule has 6 nitrogen and oxygen atoms in total. The van der Waals surface area contributed by atoms with E-state index in [-0.39, 0.29) is 5.69 Å². The van der Waals surface area contributed by atoms with Crippen LogP contribution < -0.4 is 0 Å². The summed E-state index contributed by atoms with van der Waals surface area (Å²) in [6.45, 7) is 1.99. The Hall–Kier alpha value is -2.89. The van der Waals surface area contributed by atoms with Gasteiger partial charge in [0.15, 0.2) is 0 Å². The van der Waals surface area contributed by atoms with Crippen molar-refractivity contribution in [2.24, 2.45) is 0 Å². The molecule has 3 N–H and O–H groups in total. The average Bonchev–Trinajstić information content (AvgIpc) is 2.89. The number of hydrogen-bond acceptors (Lipinski definition) is 4. The highest BCUT2D eigenvalue weighted by Gasteiger charge is 2.14. The number of carbonyl (C=O) groups excluding carboxylic acids is 1. The van der Waals surface area contributed by atoms with Crippen molar-refractivity contribution in [1.82, 2.24) is 10.2 Å². The first-order chi connectivity index (χ1) is 9.97. The zero-order chi connectivity index (χ0) is 15.4. The summed E-state index contributed by atoms with van der Waals surface area (Å²) >= 11 is 0. The number of hydrogen-bond donors (Lipinski definition) is 3. The van der Waals surface area contributed by atoms with E-state index in [1.165, 1.54) is 6.20 Å². The summed E-state index contributed by atoms with van der Waals surface area (Å²) in [4.78, 5) is 21.6. The van der Waals surface area contributed by atoms with E-state index in [0.717, 1.165) is 11.1 Å². The van der Waals surface area contributed by atoms with Gasteiger partial charge in [-0.05, 0) is 12.5 Å². The van der Waals surface area contributed by atoms with Crippen LogP contribution in [-0.2, 0) is 16.0 Å². The van der Waals surface area contributed by atoms with Crippen molar-refractivity contribution < 1.29 is 19.8 Å². The molecule has 0 bridgehead atoms. The minimum absolute atomic E-state index is 0.241. The van der Waals surface area contributed by atoms with Crippen LogP contribution in [0.3, 0.4) is 0 Å². The van der Waals surface area contributed by atoms with Gasteiger partial charge in [0, 0.05) is 18.1 Å². The molecule has 1 heterocycles. The molecule has 0 unspecified atom stereocenters. The number of nitrogens with one attached hydrogen (secondary N) is 1. The smallest absolute Gasteiger partial charge is 0.376 e. The van der Waals surface area contributed by atoms with Crippen LogP contribution in [0, 0.1) is 6.92 Å². The minimum atomic E-state index is -1.62. The third-order valence-corrected chi connectivity index (χ3v) is 2.97. The Bertz CT molecular complexity index is 699. The Morgan fingerprint density at radius 1 is 1.24 bits per heavy atom. The first kappa shape index (κ1) is 14.5. The first-order valence-electron chi connectivity index (χ1n) is 6.23. The van der Waals surface area contributed by atoms with Gasteiger partial charge in [0.1, 0.15) is 11.5 Å². The number of carbonyl (C=O) groups is 2. The van der Waals surface area contributed by atoms with Gasteiger partial charge in [-0.2, -0.15) is 5.10 Å². The van der Waals surface area contributed by atoms with E-state index in [1.807, 2.05) is 31.2 Å². The van der Waals surface area contributed by atoms with Gasteiger partial charge in [0.05, 0.1) is 6.20 Å². The van der Waals surface area contributed by atoms with Gasteiger partial charge in [-0.15, -0.1) is 0 Å². The van der Waals surface area contributed by atoms with Crippen LogP contribution in [0.1, 0.15) is 22.4 Å². The Morgan fingerprint density at radius 3 is 2.52 bits per heavy atom. The molecule has 2 aromatic rings. The molecule has 21 heavy (non-hydrogen) atoms. The van der Waals surface area contributed by atoms with E-state index in [9.17, 15) is 14.7 Å². The van der Waals surface area contributed by atoms with Crippen LogP contribution in [0.5, 0.6) is 0 Å². The van der Waals surface area contributed by atoms with Gasteiger partial charge in [0.2, 0.25) is 0 Å². The third kappa shape index (κ3) is 3.56. The number of ketones is 1. The van der Waals surface area contributed by atoms with Crippen molar-refractivity contribution in [3.63, 3.8) is 0 Å². The fourth-order valence-corrected chi connectivity index (χ4v) is 1.85. The molecule has 0 aliphatic rings. The van der Waals surface area contributed by atoms with Crippen LogP contribution in [0.2, 0.25) is 0 Å². The summed E-state index contributed by atoms with van der Waals surface area (Å²) in [7, 11) is 0. The second-order valence-electron chi connectivity index (χ2n) is 4.63. The van der Waals surface area contributed by atoms with Gasteiger partial charge in [-0.3, -0.25) is 9.89 Å². The number of aliphatic hydroxyl groups is 1. The highest BCUT2D eigenvalue weighted by molar-refractivity contribution is 6.38. The fourth-order valence-electron chi connectivity index (χ4n) is 1.85. The van der Waals surface area contributed by atoms with Crippen LogP contribution in [0.15, 0.2) is 36.5 Å². The van der Waals surface area contributed by atoms with Crippen LogP contribution in [0.25, 0.3) is 5.76 Å². The van der Waals surface area contributed by atoms with Crippen molar-refractivity contribution in [3.05, 3.63) is 58.9 Å². The maximum Gasteiger partial charge on any atom is 0.376 e. The molecular weight excluding hydrogens is 272 g/mol. The Kier molecular flexibility index (Phi) is 4.18. The lowest BCUT2D eigenvalue weighted by Crippen LogP contribution is -2.10. The average molecular weight is 286 g/mol. The molecule has 0 amide bonds. The number of aryl methyl sites for hydroxylation is 1. The van der Waals surface area contributed by atoms with E-state index in [2.05, 4.69) is 10.2 Å². The lowest BCUT2D eigenvalue weighted by atomic mass is 10.0. The van der Waals surface area contributed by atoms with E-state index in [1.54, 1.807) is 0 Å². The number of aromatic nitrogens is 2. The monoisotopic (exact) mass is 286 g/mol. The van der Waals surface area contributed by atoms with E-state index in [0.29, 0.717) is 18.1 Å². The van der Waals surface area contributed by atoms with E-state index >= 15 is 0 Å². The molecule has 2 rings (SSSR count). The zero-order valence-electron chi connectivity index (χ0n) is 11.3. The second kappa shape index (κ2) is 6.04.